The number of hydrogen-bond acceptors (Lipinski definition) is 6. The van der Waals surface area contributed by atoms with E-state index >= 15 is 0 Å². The molecule has 0 saturated carbocycles. The van der Waals surface area contributed by atoms with E-state index in [0.717, 1.165) is 0 Å². The molecule has 0 N–H and O–H groups in total. The quantitative estimate of drug-likeness (QED) is 0.226. The second-order valence-corrected chi connectivity index (χ2v) is 6.43. The molecular formula is C25H22O6. The highest BCUT2D eigenvalue weighted by Crippen LogP contribution is 2.26. The Morgan fingerprint density at radius 1 is 0.710 bits per heavy atom. The molecule has 0 aliphatic carbocycles. The summed E-state index contributed by atoms with van der Waals surface area (Å²) in [5.74, 6) is 1.05. The Balaban J connectivity index is 1.75. The zero-order valence-electron chi connectivity index (χ0n) is 17.5. The van der Waals surface area contributed by atoms with Crippen LogP contribution in [0.25, 0.3) is 6.08 Å². The fourth-order valence-electron chi connectivity index (χ4n) is 2.92. The molecule has 0 amide bonds. The van der Waals surface area contributed by atoms with Crippen LogP contribution in [0.15, 0.2) is 72.8 Å². The molecule has 3 aromatic rings. The SMILES string of the molecule is COc1ccc(C(=O)/C=C/c2cccc(OC(=O)c3ccccc3OC)c2)c(OC)c1. The maximum Gasteiger partial charge on any atom is 0.347 e. The van der Waals surface area contributed by atoms with Gasteiger partial charge in [0, 0.05) is 6.07 Å². The van der Waals surface area contributed by atoms with Gasteiger partial charge in [-0.1, -0.05) is 30.3 Å². The number of esters is 1. The summed E-state index contributed by atoms with van der Waals surface area (Å²) in [4.78, 5) is 25.1. The van der Waals surface area contributed by atoms with Gasteiger partial charge < -0.3 is 18.9 Å². The lowest BCUT2D eigenvalue weighted by Crippen LogP contribution is -2.10. The summed E-state index contributed by atoms with van der Waals surface area (Å²) in [6, 6.07) is 18.7. The highest BCUT2D eigenvalue weighted by Gasteiger charge is 2.14. The zero-order valence-corrected chi connectivity index (χ0v) is 17.5. The molecule has 3 rings (SSSR count). The van der Waals surface area contributed by atoms with Gasteiger partial charge in [-0.3, -0.25) is 4.79 Å². The summed E-state index contributed by atoms with van der Waals surface area (Å²) in [6.07, 6.45) is 3.08. The largest absolute Gasteiger partial charge is 0.497 e. The van der Waals surface area contributed by atoms with Gasteiger partial charge in [0.15, 0.2) is 5.78 Å². The maximum atomic E-state index is 12.6. The standard InChI is InChI=1S/C25H22O6/c1-28-18-12-13-20(24(16-18)30-3)22(26)14-11-17-7-6-8-19(15-17)31-25(27)21-9-4-5-10-23(21)29-2/h4-16H,1-3H3/b14-11+. The van der Waals surface area contributed by atoms with Crippen molar-refractivity contribution < 1.29 is 28.5 Å². The van der Waals surface area contributed by atoms with Crippen molar-refractivity contribution in [2.24, 2.45) is 0 Å². The summed E-state index contributed by atoms with van der Waals surface area (Å²) in [7, 11) is 4.53. The molecule has 3 aromatic carbocycles. The maximum absolute atomic E-state index is 12.6. The molecule has 0 atom stereocenters. The number of rotatable bonds is 8. The number of methoxy groups -OCH3 is 3. The van der Waals surface area contributed by atoms with Gasteiger partial charge in [0.2, 0.25) is 0 Å². The minimum atomic E-state index is -0.530. The van der Waals surface area contributed by atoms with Crippen molar-refractivity contribution >= 4 is 17.8 Å². The van der Waals surface area contributed by atoms with Crippen LogP contribution in [-0.4, -0.2) is 33.1 Å². The molecular weight excluding hydrogens is 396 g/mol. The van der Waals surface area contributed by atoms with E-state index in [2.05, 4.69) is 0 Å². The molecule has 0 fully saturated rings. The predicted molar refractivity (Wildman–Crippen MR) is 117 cm³/mol. The van der Waals surface area contributed by atoms with E-state index in [1.165, 1.54) is 20.3 Å². The van der Waals surface area contributed by atoms with Crippen LogP contribution in [0, 0.1) is 0 Å². The molecule has 0 aliphatic rings. The number of ether oxygens (including phenoxy) is 4. The fourth-order valence-corrected chi connectivity index (χ4v) is 2.92. The lowest BCUT2D eigenvalue weighted by Gasteiger charge is -2.09. The van der Waals surface area contributed by atoms with E-state index in [-0.39, 0.29) is 5.78 Å². The monoisotopic (exact) mass is 418 g/mol. The van der Waals surface area contributed by atoms with E-state index in [4.69, 9.17) is 18.9 Å². The third-order valence-corrected chi connectivity index (χ3v) is 4.50. The van der Waals surface area contributed by atoms with Crippen molar-refractivity contribution in [3.8, 4) is 23.0 Å². The Hall–Kier alpha value is -4.06. The highest BCUT2D eigenvalue weighted by atomic mass is 16.5. The zero-order chi connectivity index (χ0) is 22.2. The fraction of sp³-hybridized carbons (Fsp3) is 0.120. The van der Waals surface area contributed by atoms with Gasteiger partial charge in [0.05, 0.1) is 26.9 Å². The third-order valence-electron chi connectivity index (χ3n) is 4.50. The van der Waals surface area contributed by atoms with Gasteiger partial charge >= 0.3 is 5.97 Å². The Kier molecular flexibility index (Phi) is 7.06. The molecule has 0 radical (unpaired) electrons. The summed E-state index contributed by atoms with van der Waals surface area (Å²) in [5, 5.41) is 0. The van der Waals surface area contributed by atoms with Crippen molar-refractivity contribution in [3.63, 3.8) is 0 Å². The Morgan fingerprint density at radius 2 is 1.48 bits per heavy atom. The first-order chi connectivity index (χ1) is 15.0. The molecule has 31 heavy (non-hydrogen) atoms. The van der Waals surface area contributed by atoms with Gasteiger partial charge in [-0.15, -0.1) is 0 Å². The number of ketones is 1. The molecule has 0 aliphatic heterocycles. The van der Waals surface area contributed by atoms with E-state index in [0.29, 0.717) is 39.7 Å². The van der Waals surface area contributed by atoms with Crippen LogP contribution in [-0.2, 0) is 0 Å². The number of carbonyl (C=O) groups is 2. The Labute approximate surface area is 180 Å². The number of benzene rings is 3. The summed E-state index contributed by atoms with van der Waals surface area (Å²) in [6.45, 7) is 0. The van der Waals surface area contributed by atoms with Crippen molar-refractivity contribution in [3.05, 3.63) is 89.5 Å². The van der Waals surface area contributed by atoms with Gasteiger partial charge in [0.25, 0.3) is 0 Å². The first-order valence-electron chi connectivity index (χ1n) is 9.45. The van der Waals surface area contributed by atoms with Crippen LogP contribution < -0.4 is 18.9 Å². The van der Waals surface area contributed by atoms with Crippen molar-refractivity contribution in [2.75, 3.05) is 21.3 Å². The Bertz CT molecular complexity index is 1120. The van der Waals surface area contributed by atoms with Crippen LogP contribution in [0.3, 0.4) is 0 Å². The van der Waals surface area contributed by atoms with Crippen LogP contribution in [0.1, 0.15) is 26.3 Å². The van der Waals surface area contributed by atoms with Crippen molar-refractivity contribution in [1.82, 2.24) is 0 Å². The van der Waals surface area contributed by atoms with E-state index in [9.17, 15) is 9.59 Å². The average Bonchev–Trinajstić information content (AvgIpc) is 2.82. The van der Waals surface area contributed by atoms with Crippen molar-refractivity contribution in [2.45, 2.75) is 0 Å². The molecule has 0 saturated heterocycles. The normalized spacial score (nSPS) is 10.5. The third kappa shape index (κ3) is 5.30. The van der Waals surface area contributed by atoms with Crippen LogP contribution in [0.2, 0.25) is 0 Å². The summed E-state index contributed by atoms with van der Waals surface area (Å²) < 4.78 is 21.1. The van der Waals surface area contributed by atoms with Gasteiger partial charge in [-0.05, 0) is 48.0 Å². The minimum Gasteiger partial charge on any atom is -0.497 e. The van der Waals surface area contributed by atoms with E-state index < -0.39 is 5.97 Å². The van der Waals surface area contributed by atoms with Gasteiger partial charge in [0.1, 0.15) is 28.6 Å². The molecule has 6 heteroatoms. The molecule has 0 spiro atoms. The summed E-state index contributed by atoms with van der Waals surface area (Å²) in [5.41, 5.74) is 1.44. The van der Waals surface area contributed by atoms with Crippen LogP contribution >= 0.6 is 0 Å². The van der Waals surface area contributed by atoms with Crippen LogP contribution in [0.4, 0.5) is 0 Å². The number of carbonyl (C=O) groups excluding carboxylic acids is 2. The summed E-state index contributed by atoms with van der Waals surface area (Å²) >= 11 is 0. The predicted octanol–water partition coefficient (Wildman–Crippen LogP) is 4.83. The lowest BCUT2D eigenvalue weighted by molar-refractivity contribution is 0.0731. The van der Waals surface area contributed by atoms with Gasteiger partial charge in [-0.25, -0.2) is 4.79 Å². The molecule has 0 unspecified atom stereocenters. The lowest BCUT2D eigenvalue weighted by atomic mass is 10.1. The van der Waals surface area contributed by atoms with Crippen molar-refractivity contribution in [1.29, 1.82) is 0 Å². The number of allylic oxidation sites excluding steroid dienone is 1. The second kappa shape index (κ2) is 10.1. The first-order valence-corrected chi connectivity index (χ1v) is 9.45. The molecule has 158 valence electrons. The van der Waals surface area contributed by atoms with Gasteiger partial charge in [-0.2, -0.15) is 0 Å². The topological polar surface area (TPSA) is 71.1 Å². The first kappa shape index (κ1) is 21.6. The molecule has 0 bridgehead atoms. The number of hydrogen-bond donors (Lipinski definition) is 0. The van der Waals surface area contributed by atoms with Crippen LogP contribution in [0.5, 0.6) is 23.0 Å². The van der Waals surface area contributed by atoms with E-state index in [1.807, 2.05) is 0 Å². The Morgan fingerprint density at radius 3 is 2.23 bits per heavy atom. The smallest absolute Gasteiger partial charge is 0.347 e. The molecule has 0 aromatic heterocycles. The highest BCUT2D eigenvalue weighted by molar-refractivity contribution is 6.08. The number of para-hydroxylation sites is 1. The molecule has 6 nitrogen and oxygen atoms in total. The minimum absolute atomic E-state index is 0.226. The van der Waals surface area contributed by atoms with E-state index in [1.54, 1.807) is 79.9 Å². The molecule has 0 heterocycles. The average molecular weight is 418 g/mol. The second-order valence-electron chi connectivity index (χ2n) is 6.43.